The molecule has 0 N–H and O–H groups in total. The number of carbonyl (C=O) groups is 1. The molecule has 0 spiro atoms. The van der Waals surface area contributed by atoms with Gasteiger partial charge in [-0.1, -0.05) is 66.7 Å². The summed E-state index contributed by atoms with van der Waals surface area (Å²) in [6, 6.07) is 21.5. The predicted octanol–water partition coefficient (Wildman–Crippen LogP) is 6.19. The smallest absolute Gasteiger partial charge is 0.346 e. The molecule has 1 saturated carbocycles. The van der Waals surface area contributed by atoms with Crippen molar-refractivity contribution in [3.05, 3.63) is 88.0 Å². The summed E-state index contributed by atoms with van der Waals surface area (Å²) in [5.41, 5.74) is 4.85. The minimum atomic E-state index is -0.248. The van der Waals surface area contributed by atoms with E-state index >= 15 is 0 Å². The molecule has 1 fully saturated rings. The van der Waals surface area contributed by atoms with Crippen molar-refractivity contribution in [1.29, 1.82) is 0 Å². The van der Waals surface area contributed by atoms with Gasteiger partial charge in [-0.25, -0.2) is 4.79 Å². The number of allylic oxidation sites excluding steroid dienone is 1. The predicted molar refractivity (Wildman–Crippen MR) is 131 cm³/mol. The second-order valence-corrected chi connectivity index (χ2v) is 9.48. The molecule has 1 aliphatic carbocycles. The minimum Gasteiger partial charge on any atom is -0.462 e. The van der Waals surface area contributed by atoms with Gasteiger partial charge in [-0.3, -0.25) is 4.99 Å². The van der Waals surface area contributed by atoms with E-state index in [0.29, 0.717) is 17.4 Å². The van der Waals surface area contributed by atoms with Gasteiger partial charge in [-0.2, -0.15) is 0 Å². The van der Waals surface area contributed by atoms with Gasteiger partial charge in [0.25, 0.3) is 0 Å². The van der Waals surface area contributed by atoms with Gasteiger partial charge in [0.05, 0.1) is 18.7 Å². The van der Waals surface area contributed by atoms with E-state index in [9.17, 15) is 4.79 Å². The van der Waals surface area contributed by atoms with Crippen LogP contribution in [0.2, 0.25) is 0 Å². The minimum absolute atomic E-state index is 0.127. The van der Waals surface area contributed by atoms with E-state index in [1.807, 2.05) is 13.8 Å². The first kappa shape index (κ1) is 21.1. The Morgan fingerprint density at radius 2 is 1.88 bits per heavy atom. The van der Waals surface area contributed by atoms with E-state index in [2.05, 4.69) is 71.6 Å². The number of aliphatic imine (C=N–C) groups is 1. The Morgan fingerprint density at radius 3 is 2.59 bits per heavy atom. The molecule has 3 aliphatic rings. The fourth-order valence-corrected chi connectivity index (χ4v) is 6.26. The second kappa shape index (κ2) is 8.99. The van der Waals surface area contributed by atoms with Gasteiger partial charge >= 0.3 is 5.97 Å². The number of carbonyl (C=O) groups excluding carboxylic acids is 1. The molecular formula is C27H28N2O2S. The van der Waals surface area contributed by atoms with Gasteiger partial charge in [-0.05, 0) is 61.6 Å². The molecule has 0 unspecified atom stereocenters. The van der Waals surface area contributed by atoms with E-state index in [1.165, 1.54) is 28.5 Å². The fraction of sp³-hybridized carbons (Fsp3) is 0.333. The number of hydrogen-bond acceptors (Lipinski definition) is 5. The average Bonchev–Trinajstić information content (AvgIpc) is 3.15. The van der Waals surface area contributed by atoms with E-state index in [0.717, 1.165) is 30.1 Å². The Kier molecular flexibility index (Phi) is 5.92. The molecule has 0 saturated heterocycles. The lowest BCUT2D eigenvalue weighted by molar-refractivity contribution is -0.137. The van der Waals surface area contributed by atoms with Crippen molar-refractivity contribution in [3.8, 4) is 0 Å². The van der Waals surface area contributed by atoms with Gasteiger partial charge in [0.15, 0.2) is 5.17 Å². The van der Waals surface area contributed by atoms with Gasteiger partial charge < -0.3 is 9.64 Å². The summed E-state index contributed by atoms with van der Waals surface area (Å²) in [6.45, 7) is 4.25. The van der Waals surface area contributed by atoms with Crippen LogP contribution < -0.4 is 0 Å². The lowest BCUT2D eigenvalue weighted by Gasteiger charge is -2.46. The highest BCUT2D eigenvalue weighted by molar-refractivity contribution is 8.18. The zero-order valence-corrected chi connectivity index (χ0v) is 19.3. The Labute approximate surface area is 194 Å². The van der Waals surface area contributed by atoms with E-state index in [4.69, 9.17) is 9.73 Å². The van der Waals surface area contributed by atoms with Crippen LogP contribution in [-0.2, 0) is 9.53 Å². The lowest BCUT2D eigenvalue weighted by Crippen LogP contribution is -2.45. The van der Waals surface area contributed by atoms with Gasteiger partial charge in [-0.15, -0.1) is 0 Å². The summed E-state index contributed by atoms with van der Waals surface area (Å²) in [6.07, 6.45) is 5.67. The first-order valence-electron chi connectivity index (χ1n) is 11.4. The molecular weight excluding hydrogens is 416 g/mol. The van der Waals surface area contributed by atoms with Crippen LogP contribution in [0.15, 0.2) is 81.8 Å². The Balaban J connectivity index is 1.60. The van der Waals surface area contributed by atoms with Crippen LogP contribution in [0.3, 0.4) is 0 Å². The topological polar surface area (TPSA) is 41.9 Å². The number of hydrogen-bond donors (Lipinski definition) is 0. The summed E-state index contributed by atoms with van der Waals surface area (Å²) in [4.78, 5) is 20.9. The molecule has 0 amide bonds. The molecule has 164 valence electrons. The van der Waals surface area contributed by atoms with Crippen molar-refractivity contribution < 1.29 is 9.53 Å². The highest BCUT2D eigenvalue weighted by Crippen LogP contribution is 2.52. The SMILES string of the molecule is CCOC(=O)C1=C(C)N2C(=N[C@@H]3/C(=C\c4ccccc4)CCC[C@H]3[C@@H]2c2ccccc2)S1. The maximum atomic E-state index is 12.7. The van der Waals surface area contributed by atoms with E-state index in [-0.39, 0.29) is 18.1 Å². The van der Waals surface area contributed by atoms with Crippen molar-refractivity contribution in [2.75, 3.05) is 6.61 Å². The van der Waals surface area contributed by atoms with Crippen LogP contribution in [0.5, 0.6) is 0 Å². The van der Waals surface area contributed by atoms with Crippen molar-refractivity contribution in [3.63, 3.8) is 0 Å². The third-order valence-corrected chi connectivity index (χ3v) is 7.72. The van der Waals surface area contributed by atoms with Crippen LogP contribution >= 0.6 is 11.8 Å². The van der Waals surface area contributed by atoms with Crippen molar-refractivity contribution in [2.24, 2.45) is 10.9 Å². The Bertz CT molecular complexity index is 1090. The molecule has 2 aliphatic heterocycles. The molecule has 2 heterocycles. The number of ether oxygens (including phenoxy) is 1. The van der Waals surface area contributed by atoms with Gasteiger partial charge in [0.1, 0.15) is 4.91 Å². The maximum Gasteiger partial charge on any atom is 0.346 e. The summed E-state index contributed by atoms with van der Waals surface area (Å²) in [5.74, 6) is 0.115. The summed E-state index contributed by atoms with van der Waals surface area (Å²) < 4.78 is 5.35. The van der Waals surface area contributed by atoms with Crippen LogP contribution in [0, 0.1) is 5.92 Å². The van der Waals surface area contributed by atoms with Crippen LogP contribution in [0.4, 0.5) is 0 Å². The van der Waals surface area contributed by atoms with Crippen molar-refractivity contribution in [2.45, 2.75) is 45.2 Å². The summed E-state index contributed by atoms with van der Waals surface area (Å²) >= 11 is 1.47. The Hall–Kier alpha value is -2.79. The first-order valence-corrected chi connectivity index (χ1v) is 12.2. The standard InChI is InChI=1S/C27H28N2O2S/c1-3-31-26(30)25-18(2)29-24(20-13-8-5-9-14-20)22-16-10-15-21(23(22)28-27(29)32-25)17-19-11-6-4-7-12-19/h4-9,11-14,17,22-24H,3,10,15-16H2,1-2H3/b21-17-/t22-,23-,24+/m1/s1. The van der Waals surface area contributed by atoms with Crippen molar-refractivity contribution in [1.82, 2.24) is 4.90 Å². The molecule has 32 heavy (non-hydrogen) atoms. The van der Waals surface area contributed by atoms with E-state index in [1.54, 1.807) is 0 Å². The molecule has 0 bridgehead atoms. The number of thioether (sulfide) groups is 1. The molecule has 0 radical (unpaired) electrons. The zero-order valence-electron chi connectivity index (χ0n) is 18.5. The lowest BCUT2D eigenvalue weighted by atomic mass is 9.73. The molecule has 0 aromatic heterocycles. The number of rotatable bonds is 4. The summed E-state index contributed by atoms with van der Waals surface area (Å²) in [7, 11) is 0. The number of amidine groups is 1. The third-order valence-electron chi connectivity index (χ3n) is 6.56. The number of fused-ring (bicyclic) bond motifs is 2. The molecule has 5 rings (SSSR count). The van der Waals surface area contributed by atoms with E-state index < -0.39 is 0 Å². The molecule has 4 nitrogen and oxygen atoms in total. The van der Waals surface area contributed by atoms with Gasteiger partial charge in [0, 0.05) is 11.6 Å². The number of benzene rings is 2. The van der Waals surface area contributed by atoms with Crippen LogP contribution in [0.25, 0.3) is 6.08 Å². The number of esters is 1. The zero-order chi connectivity index (χ0) is 22.1. The van der Waals surface area contributed by atoms with Crippen LogP contribution in [-0.4, -0.2) is 28.7 Å². The highest BCUT2D eigenvalue weighted by Gasteiger charge is 2.47. The highest BCUT2D eigenvalue weighted by atomic mass is 32.2. The average molecular weight is 445 g/mol. The quantitative estimate of drug-likeness (QED) is 0.527. The first-order chi connectivity index (χ1) is 15.7. The molecule has 5 heteroatoms. The third kappa shape index (κ3) is 3.79. The van der Waals surface area contributed by atoms with Crippen molar-refractivity contribution >= 4 is 29.0 Å². The molecule has 2 aromatic rings. The monoisotopic (exact) mass is 444 g/mol. The van der Waals surface area contributed by atoms with Crippen LogP contribution in [0.1, 0.15) is 50.3 Å². The normalized spacial score (nSPS) is 25.9. The molecule has 3 atom stereocenters. The Morgan fingerprint density at radius 1 is 1.16 bits per heavy atom. The maximum absolute atomic E-state index is 12.7. The van der Waals surface area contributed by atoms with Gasteiger partial charge in [0.2, 0.25) is 0 Å². The summed E-state index contributed by atoms with van der Waals surface area (Å²) in [5, 5.41) is 0.918. The second-order valence-electron chi connectivity index (χ2n) is 8.51. The fourth-order valence-electron chi connectivity index (χ4n) is 5.18. The number of nitrogens with zero attached hydrogens (tertiary/aromatic N) is 2. The largest absolute Gasteiger partial charge is 0.462 e. The molecule has 2 aromatic carbocycles.